The molecule has 0 saturated carbocycles. The van der Waals surface area contributed by atoms with Gasteiger partial charge in [0, 0.05) is 10.9 Å². The third-order valence-electron chi connectivity index (χ3n) is 2.14. The van der Waals surface area contributed by atoms with Crippen molar-refractivity contribution in [3.63, 3.8) is 0 Å². The van der Waals surface area contributed by atoms with Crippen molar-refractivity contribution < 1.29 is 8.78 Å². The SMILES string of the molecule is Nc1nc2cc(C(F)F)c(CBr)cc2[nH]1. The van der Waals surface area contributed by atoms with E-state index in [1.807, 2.05) is 0 Å². The molecular weight excluding hydrogens is 268 g/mol. The van der Waals surface area contributed by atoms with E-state index >= 15 is 0 Å². The van der Waals surface area contributed by atoms with Crippen molar-refractivity contribution in [1.82, 2.24) is 9.97 Å². The molecule has 0 fully saturated rings. The van der Waals surface area contributed by atoms with Gasteiger partial charge in [0.1, 0.15) is 0 Å². The predicted octanol–water partition coefficient (Wildman–Crippen LogP) is 2.98. The maximum Gasteiger partial charge on any atom is 0.264 e. The zero-order valence-electron chi connectivity index (χ0n) is 7.60. The number of nitrogens with zero attached hydrogens (tertiary/aromatic N) is 1. The van der Waals surface area contributed by atoms with Crippen LogP contribution in [0.4, 0.5) is 14.7 Å². The first kappa shape index (κ1) is 10.4. The lowest BCUT2D eigenvalue weighted by Crippen LogP contribution is -1.92. The Morgan fingerprint density at radius 2 is 2.20 bits per heavy atom. The van der Waals surface area contributed by atoms with E-state index in [0.717, 1.165) is 0 Å². The molecule has 1 aromatic heterocycles. The molecule has 0 aliphatic heterocycles. The summed E-state index contributed by atoms with van der Waals surface area (Å²) in [6, 6.07) is 3.00. The van der Waals surface area contributed by atoms with Gasteiger partial charge in [-0.2, -0.15) is 0 Å². The first-order valence-corrected chi connectivity index (χ1v) is 5.36. The van der Waals surface area contributed by atoms with Gasteiger partial charge >= 0.3 is 0 Å². The molecule has 80 valence electrons. The lowest BCUT2D eigenvalue weighted by molar-refractivity contribution is 0.150. The van der Waals surface area contributed by atoms with Crippen LogP contribution in [0.15, 0.2) is 12.1 Å². The molecule has 0 spiro atoms. The lowest BCUT2D eigenvalue weighted by Gasteiger charge is -2.05. The van der Waals surface area contributed by atoms with E-state index in [-0.39, 0.29) is 11.5 Å². The summed E-state index contributed by atoms with van der Waals surface area (Å²) < 4.78 is 25.3. The van der Waals surface area contributed by atoms with Crippen LogP contribution in [0.5, 0.6) is 0 Å². The van der Waals surface area contributed by atoms with Crippen molar-refractivity contribution in [3.8, 4) is 0 Å². The Labute approximate surface area is 92.8 Å². The van der Waals surface area contributed by atoms with Crippen LogP contribution < -0.4 is 5.73 Å². The maximum absolute atomic E-state index is 12.7. The Balaban J connectivity index is 2.68. The number of imidazole rings is 1. The summed E-state index contributed by atoms with van der Waals surface area (Å²) in [5, 5.41) is 0.377. The van der Waals surface area contributed by atoms with E-state index in [9.17, 15) is 8.78 Å². The Morgan fingerprint density at radius 3 is 2.80 bits per heavy atom. The number of nitrogens with two attached hydrogens (primary N) is 1. The highest BCUT2D eigenvalue weighted by molar-refractivity contribution is 9.08. The summed E-state index contributed by atoms with van der Waals surface area (Å²) in [7, 11) is 0. The average molecular weight is 276 g/mol. The summed E-state index contributed by atoms with van der Waals surface area (Å²) in [6.45, 7) is 0. The highest BCUT2D eigenvalue weighted by Gasteiger charge is 2.14. The molecular formula is C9H8BrF2N3. The molecule has 2 rings (SSSR count). The summed E-state index contributed by atoms with van der Waals surface area (Å²) in [5.41, 5.74) is 7.11. The van der Waals surface area contributed by atoms with Crippen molar-refractivity contribution in [2.75, 3.05) is 5.73 Å². The van der Waals surface area contributed by atoms with Gasteiger partial charge in [-0.05, 0) is 17.7 Å². The number of hydrogen-bond donors (Lipinski definition) is 2. The van der Waals surface area contributed by atoms with Gasteiger partial charge in [-0.1, -0.05) is 15.9 Å². The molecule has 1 aromatic carbocycles. The number of benzene rings is 1. The molecule has 3 N–H and O–H groups in total. The van der Waals surface area contributed by atoms with Gasteiger partial charge in [0.2, 0.25) is 0 Å². The van der Waals surface area contributed by atoms with Gasteiger partial charge in [0.05, 0.1) is 11.0 Å². The minimum absolute atomic E-state index is 0.00845. The fourth-order valence-electron chi connectivity index (χ4n) is 1.46. The van der Waals surface area contributed by atoms with Crippen molar-refractivity contribution >= 4 is 32.9 Å². The number of aromatic nitrogens is 2. The molecule has 2 aromatic rings. The lowest BCUT2D eigenvalue weighted by atomic mass is 10.1. The van der Waals surface area contributed by atoms with E-state index in [4.69, 9.17) is 5.73 Å². The van der Waals surface area contributed by atoms with E-state index in [1.165, 1.54) is 6.07 Å². The number of nitrogens with one attached hydrogen (secondary N) is 1. The van der Waals surface area contributed by atoms with Gasteiger partial charge in [-0.25, -0.2) is 13.8 Å². The van der Waals surface area contributed by atoms with Crippen LogP contribution in [0.2, 0.25) is 0 Å². The van der Waals surface area contributed by atoms with Crippen LogP contribution in [0.25, 0.3) is 11.0 Å². The average Bonchev–Trinajstić information content (AvgIpc) is 2.54. The van der Waals surface area contributed by atoms with Crippen molar-refractivity contribution in [3.05, 3.63) is 23.3 Å². The Hall–Kier alpha value is -1.17. The van der Waals surface area contributed by atoms with Crippen LogP contribution in [0, 0.1) is 0 Å². The summed E-state index contributed by atoms with van der Waals surface area (Å²) in [6.07, 6.45) is -2.50. The zero-order valence-corrected chi connectivity index (χ0v) is 9.18. The van der Waals surface area contributed by atoms with E-state index in [2.05, 4.69) is 25.9 Å². The smallest absolute Gasteiger partial charge is 0.264 e. The normalized spacial score (nSPS) is 11.5. The van der Waals surface area contributed by atoms with E-state index in [0.29, 0.717) is 21.9 Å². The molecule has 0 saturated heterocycles. The fourth-order valence-corrected chi connectivity index (χ4v) is 1.94. The monoisotopic (exact) mass is 275 g/mol. The largest absolute Gasteiger partial charge is 0.369 e. The van der Waals surface area contributed by atoms with Gasteiger partial charge in [-0.3, -0.25) is 0 Å². The number of halogens is 3. The molecule has 0 atom stereocenters. The van der Waals surface area contributed by atoms with Crippen LogP contribution in [0.1, 0.15) is 17.6 Å². The number of H-pyrrole nitrogens is 1. The standard InChI is InChI=1S/C9H8BrF2N3/c10-3-4-1-6-7(15-9(13)14-6)2-5(4)8(11)12/h1-2,8H,3H2,(H3,13,14,15). The van der Waals surface area contributed by atoms with Crippen molar-refractivity contribution in [2.45, 2.75) is 11.8 Å². The number of aromatic amines is 1. The number of hydrogen-bond acceptors (Lipinski definition) is 2. The first-order chi connectivity index (χ1) is 7.11. The van der Waals surface area contributed by atoms with E-state index < -0.39 is 6.43 Å². The molecule has 0 bridgehead atoms. The van der Waals surface area contributed by atoms with Crippen LogP contribution >= 0.6 is 15.9 Å². The Morgan fingerprint density at radius 1 is 1.47 bits per heavy atom. The quantitative estimate of drug-likeness (QED) is 0.828. The summed E-state index contributed by atoms with van der Waals surface area (Å²) in [5.74, 6) is 0.233. The van der Waals surface area contributed by atoms with Gasteiger partial charge in [0.25, 0.3) is 6.43 Å². The number of alkyl halides is 3. The highest BCUT2D eigenvalue weighted by Crippen LogP contribution is 2.28. The molecule has 1 heterocycles. The number of anilines is 1. The predicted molar refractivity (Wildman–Crippen MR) is 58.1 cm³/mol. The third-order valence-corrected chi connectivity index (χ3v) is 2.74. The summed E-state index contributed by atoms with van der Waals surface area (Å²) >= 11 is 3.17. The van der Waals surface area contributed by atoms with E-state index in [1.54, 1.807) is 6.07 Å². The molecule has 0 amide bonds. The second-order valence-electron chi connectivity index (χ2n) is 3.12. The van der Waals surface area contributed by atoms with Crippen LogP contribution in [-0.4, -0.2) is 9.97 Å². The Kier molecular flexibility index (Phi) is 2.60. The molecule has 15 heavy (non-hydrogen) atoms. The molecule has 0 aliphatic carbocycles. The molecule has 0 radical (unpaired) electrons. The second-order valence-corrected chi connectivity index (χ2v) is 3.69. The van der Waals surface area contributed by atoms with Gasteiger partial charge in [0.15, 0.2) is 5.95 Å². The minimum Gasteiger partial charge on any atom is -0.369 e. The minimum atomic E-state index is -2.50. The van der Waals surface area contributed by atoms with Crippen molar-refractivity contribution in [1.29, 1.82) is 0 Å². The molecule has 0 unspecified atom stereocenters. The van der Waals surface area contributed by atoms with Gasteiger partial charge in [-0.15, -0.1) is 0 Å². The number of fused-ring (bicyclic) bond motifs is 1. The Bertz CT molecular complexity index is 495. The van der Waals surface area contributed by atoms with Crippen LogP contribution in [0.3, 0.4) is 0 Å². The molecule has 3 nitrogen and oxygen atoms in total. The van der Waals surface area contributed by atoms with Crippen LogP contribution in [-0.2, 0) is 5.33 Å². The van der Waals surface area contributed by atoms with Crippen molar-refractivity contribution in [2.24, 2.45) is 0 Å². The maximum atomic E-state index is 12.7. The third kappa shape index (κ3) is 1.81. The molecule has 0 aliphatic rings. The second kappa shape index (κ2) is 3.77. The first-order valence-electron chi connectivity index (χ1n) is 4.24. The summed E-state index contributed by atoms with van der Waals surface area (Å²) in [4.78, 5) is 6.71. The molecule has 6 heteroatoms. The zero-order chi connectivity index (χ0) is 11.0. The number of nitrogen functional groups attached to an aromatic ring is 1. The topological polar surface area (TPSA) is 54.7 Å². The number of rotatable bonds is 2. The highest BCUT2D eigenvalue weighted by atomic mass is 79.9. The van der Waals surface area contributed by atoms with Gasteiger partial charge < -0.3 is 10.7 Å². The fraction of sp³-hybridized carbons (Fsp3) is 0.222.